The van der Waals surface area contributed by atoms with Crippen LogP contribution in [-0.4, -0.2) is 12.0 Å². The minimum atomic E-state index is -0.704. The number of carbonyl (C=O) groups excluding carboxylic acids is 1. The number of nitrogens with zero attached hydrogens (tertiary/aromatic N) is 1. The third-order valence-corrected chi connectivity index (χ3v) is 3.61. The molecule has 0 saturated carbocycles. The zero-order valence-corrected chi connectivity index (χ0v) is 13.8. The number of amides is 1. The van der Waals surface area contributed by atoms with Crippen LogP contribution in [0.1, 0.15) is 29.2 Å². The van der Waals surface area contributed by atoms with Crippen LogP contribution in [0.25, 0.3) is 0 Å². The summed E-state index contributed by atoms with van der Waals surface area (Å²) < 4.78 is 5.64. The molecule has 0 aliphatic rings. The number of ether oxygens (including phenoxy) is 1. The second-order valence-electron chi connectivity index (χ2n) is 5.63. The molecule has 0 heterocycles. The molecule has 0 aliphatic heterocycles. The van der Waals surface area contributed by atoms with Crippen molar-refractivity contribution in [1.82, 2.24) is 0 Å². The second kappa shape index (κ2) is 6.97. The summed E-state index contributed by atoms with van der Waals surface area (Å²) in [6, 6.07) is 13.0. The van der Waals surface area contributed by atoms with Crippen molar-refractivity contribution >= 4 is 11.6 Å². The highest BCUT2D eigenvalue weighted by atomic mass is 16.5. The first kappa shape index (κ1) is 16.6. The molecule has 1 atom stereocenters. The molecule has 2 aromatic rings. The quantitative estimate of drug-likeness (QED) is 0.932. The summed E-state index contributed by atoms with van der Waals surface area (Å²) in [5, 5.41) is 12.0. The molecule has 0 radical (unpaired) electrons. The molecule has 0 aliphatic carbocycles. The van der Waals surface area contributed by atoms with Gasteiger partial charge < -0.3 is 10.1 Å². The van der Waals surface area contributed by atoms with E-state index in [4.69, 9.17) is 10.00 Å². The molecule has 1 amide bonds. The van der Waals surface area contributed by atoms with E-state index in [-0.39, 0.29) is 5.91 Å². The van der Waals surface area contributed by atoms with Gasteiger partial charge in [-0.25, -0.2) is 0 Å². The fraction of sp³-hybridized carbons (Fsp3) is 0.263. The van der Waals surface area contributed by atoms with Crippen LogP contribution in [0.15, 0.2) is 36.4 Å². The van der Waals surface area contributed by atoms with Gasteiger partial charge in [-0.1, -0.05) is 29.8 Å². The Kier molecular flexibility index (Phi) is 5.02. The molecule has 0 spiro atoms. The van der Waals surface area contributed by atoms with Crippen LogP contribution >= 0.6 is 0 Å². The lowest BCUT2D eigenvalue weighted by atomic mass is 10.0. The summed E-state index contributed by atoms with van der Waals surface area (Å²) >= 11 is 0. The predicted molar refractivity (Wildman–Crippen MR) is 90.5 cm³/mol. The van der Waals surface area contributed by atoms with Crippen molar-refractivity contribution in [2.75, 3.05) is 5.32 Å². The van der Waals surface area contributed by atoms with Crippen LogP contribution < -0.4 is 10.1 Å². The highest BCUT2D eigenvalue weighted by Crippen LogP contribution is 2.23. The van der Waals surface area contributed by atoms with Crippen LogP contribution in [0.4, 0.5) is 5.69 Å². The van der Waals surface area contributed by atoms with Gasteiger partial charge in [0.1, 0.15) is 11.8 Å². The number of anilines is 1. The maximum Gasteiger partial charge on any atom is 0.265 e. The molecule has 23 heavy (non-hydrogen) atoms. The van der Waals surface area contributed by atoms with E-state index in [2.05, 4.69) is 11.4 Å². The number of hydrogen-bond donors (Lipinski definition) is 1. The smallest absolute Gasteiger partial charge is 0.265 e. The molecule has 1 N–H and O–H groups in total. The third-order valence-electron chi connectivity index (χ3n) is 3.61. The largest absolute Gasteiger partial charge is 0.480 e. The van der Waals surface area contributed by atoms with Crippen LogP contribution in [0.2, 0.25) is 0 Å². The van der Waals surface area contributed by atoms with Gasteiger partial charge in [0.05, 0.1) is 5.56 Å². The Morgan fingerprint density at radius 3 is 2.39 bits per heavy atom. The Hall–Kier alpha value is -2.80. The highest BCUT2D eigenvalue weighted by molar-refractivity contribution is 5.95. The minimum Gasteiger partial charge on any atom is -0.480 e. The van der Waals surface area contributed by atoms with Crippen LogP contribution in [0.3, 0.4) is 0 Å². The molecule has 0 saturated heterocycles. The summed E-state index contributed by atoms with van der Waals surface area (Å²) in [4.78, 5) is 12.4. The summed E-state index contributed by atoms with van der Waals surface area (Å²) in [5.41, 5.74) is 4.41. The standard InChI is InChI=1S/C19H20N2O2/c1-12-9-13(2)18(14(3)10-12)21-19(22)15(4)23-17-8-6-5-7-16(17)11-20/h5-10,15H,1-4H3,(H,21,22)/t15-/m1/s1. The predicted octanol–water partition coefficient (Wildman–Crippen LogP) is 3.89. The number of para-hydroxylation sites is 1. The van der Waals surface area contributed by atoms with Crippen molar-refractivity contribution in [1.29, 1.82) is 5.26 Å². The van der Waals surface area contributed by atoms with Gasteiger partial charge in [-0.05, 0) is 51.0 Å². The fourth-order valence-electron chi connectivity index (χ4n) is 2.51. The lowest BCUT2D eigenvalue weighted by Crippen LogP contribution is -2.31. The molecule has 0 bridgehead atoms. The fourth-order valence-corrected chi connectivity index (χ4v) is 2.51. The van der Waals surface area contributed by atoms with E-state index in [9.17, 15) is 4.79 Å². The molecule has 2 rings (SSSR count). The number of carbonyl (C=O) groups is 1. The van der Waals surface area contributed by atoms with Crippen molar-refractivity contribution in [2.24, 2.45) is 0 Å². The van der Waals surface area contributed by atoms with Crippen molar-refractivity contribution in [3.8, 4) is 11.8 Å². The monoisotopic (exact) mass is 308 g/mol. The molecular formula is C19H20N2O2. The normalized spacial score (nSPS) is 11.4. The van der Waals surface area contributed by atoms with E-state index in [1.54, 1.807) is 31.2 Å². The topological polar surface area (TPSA) is 62.1 Å². The molecule has 4 heteroatoms. The molecule has 2 aromatic carbocycles. The maximum atomic E-state index is 12.4. The van der Waals surface area contributed by atoms with Crippen LogP contribution in [0, 0.1) is 32.1 Å². The first-order valence-electron chi connectivity index (χ1n) is 7.47. The van der Waals surface area contributed by atoms with Gasteiger partial charge in [-0.15, -0.1) is 0 Å². The molecule has 0 aromatic heterocycles. The number of rotatable bonds is 4. The first-order chi connectivity index (χ1) is 10.9. The van der Waals surface area contributed by atoms with Gasteiger partial charge in [0.15, 0.2) is 6.10 Å². The van der Waals surface area contributed by atoms with Crippen molar-refractivity contribution in [3.63, 3.8) is 0 Å². The van der Waals surface area contributed by atoms with Gasteiger partial charge in [-0.3, -0.25) is 4.79 Å². The van der Waals surface area contributed by atoms with Crippen molar-refractivity contribution in [3.05, 3.63) is 58.7 Å². The Balaban J connectivity index is 2.14. The number of hydrogen-bond acceptors (Lipinski definition) is 3. The average molecular weight is 308 g/mol. The van der Waals surface area contributed by atoms with Crippen LogP contribution in [-0.2, 0) is 4.79 Å². The molecule has 118 valence electrons. The summed E-state index contributed by atoms with van der Waals surface area (Å²) in [7, 11) is 0. The number of nitriles is 1. The number of benzene rings is 2. The van der Waals surface area contributed by atoms with E-state index in [0.29, 0.717) is 11.3 Å². The van der Waals surface area contributed by atoms with Crippen molar-refractivity contribution in [2.45, 2.75) is 33.8 Å². The Labute approximate surface area is 136 Å². The third kappa shape index (κ3) is 3.89. The molecular weight excluding hydrogens is 288 g/mol. The van der Waals surface area contributed by atoms with E-state index < -0.39 is 6.10 Å². The second-order valence-corrected chi connectivity index (χ2v) is 5.63. The lowest BCUT2D eigenvalue weighted by molar-refractivity contribution is -0.122. The highest BCUT2D eigenvalue weighted by Gasteiger charge is 2.18. The first-order valence-corrected chi connectivity index (χ1v) is 7.47. The van der Waals surface area contributed by atoms with Gasteiger partial charge >= 0.3 is 0 Å². The summed E-state index contributed by atoms with van der Waals surface area (Å²) in [6.45, 7) is 7.62. The zero-order chi connectivity index (χ0) is 17.0. The summed E-state index contributed by atoms with van der Waals surface area (Å²) in [6.07, 6.45) is -0.704. The van der Waals surface area contributed by atoms with Gasteiger partial charge in [0, 0.05) is 5.69 Å². The maximum absolute atomic E-state index is 12.4. The van der Waals surface area contributed by atoms with Gasteiger partial charge in [-0.2, -0.15) is 5.26 Å². The van der Waals surface area contributed by atoms with E-state index in [1.165, 1.54) is 0 Å². The van der Waals surface area contributed by atoms with E-state index in [1.807, 2.05) is 32.9 Å². The molecule has 0 fully saturated rings. The summed E-state index contributed by atoms with van der Waals surface area (Å²) in [5.74, 6) is 0.169. The lowest BCUT2D eigenvalue weighted by Gasteiger charge is -2.18. The number of aryl methyl sites for hydroxylation is 3. The van der Waals surface area contributed by atoms with E-state index in [0.717, 1.165) is 22.4 Å². The number of nitrogens with one attached hydrogen (secondary N) is 1. The van der Waals surface area contributed by atoms with E-state index >= 15 is 0 Å². The minimum absolute atomic E-state index is 0.243. The zero-order valence-electron chi connectivity index (χ0n) is 13.8. The Morgan fingerprint density at radius 1 is 1.17 bits per heavy atom. The van der Waals surface area contributed by atoms with Gasteiger partial charge in [0.2, 0.25) is 0 Å². The van der Waals surface area contributed by atoms with Crippen molar-refractivity contribution < 1.29 is 9.53 Å². The molecule has 4 nitrogen and oxygen atoms in total. The van der Waals surface area contributed by atoms with Gasteiger partial charge in [0.25, 0.3) is 5.91 Å². The Bertz CT molecular complexity index is 752. The SMILES string of the molecule is Cc1cc(C)c(NC(=O)[C@@H](C)Oc2ccccc2C#N)c(C)c1. The Morgan fingerprint density at radius 2 is 1.78 bits per heavy atom. The average Bonchev–Trinajstić information content (AvgIpc) is 2.51. The van der Waals surface area contributed by atoms with Crippen LogP contribution in [0.5, 0.6) is 5.75 Å². The molecule has 0 unspecified atom stereocenters.